The minimum Gasteiger partial charge on any atom is -0.393 e. The predicted molar refractivity (Wildman–Crippen MR) is 83.6 cm³/mol. The molecule has 0 spiro atoms. The monoisotopic (exact) mass is 307 g/mol. The summed E-state index contributed by atoms with van der Waals surface area (Å²) in [7, 11) is 0. The first-order valence-electron chi connectivity index (χ1n) is 7.66. The maximum atomic E-state index is 12.5. The third kappa shape index (κ3) is 4.29. The number of aliphatic hydroxyl groups excluding tert-OH is 1. The standard InChI is InChI=1S/C17H25NO4/c1-16(2,21)7-6-13-4-3-5-14(10-13)15(20)18-9-8-17(22,11-18)12-19/h3-5,10,19,21-22H,6-9,11-12H2,1-2H3/t17-/m0/s1. The van der Waals surface area contributed by atoms with Crippen molar-refractivity contribution in [2.24, 2.45) is 0 Å². The third-order valence-corrected chi connectivity index (χ3v) is 4.11. The molecule has 0 aromatic heterocycles. The van der Waals surface area contributed by atoms with Gasteiger partial charge in [0.05, 0.1) is 18.8 Å². The Labute approximate surface area is 131 Å². The number of aryl methyl sites for hydroxylation is 1. The summed E-state index contributed by atoms with van der Waals surface area (Å²) in [5, 5.41) is 29.0. The van der Waals surface area contributed by atoms with E-state index in [-0.39, 0.29) is 19.1 Å². The molecule has 1 aliphatic rings. The molecular formula is C17H25NO4. The topological polar surface area (TPSA) is 81.0 Å². The molecule has 2 rings (SSSR count). The maximum absolute atomic E-state index is 12.5. The molecule has 0 saturated carbocycles. The van der Waals surface area contributed by atoms with Gasteiger partial charge in [-0.2, -0.15) is 0 Å². The molecule has 0 radical (unpaired) electrons. The molecule has 3 N–H and O–H groups in total. The van der Waals surface area contributed by atoms with Crippen molar-refractivity contribution in [1.29, 1.82) is 0 Å². The Kier molecular flexibility index (Phi) is 4.90. The molecule has 1 fully saturated rings. The van der Waals surface area contributed by atoms with E-state index in [0.29, 0.717) is 31.4 Å². The predicted octanol–water partition coefficient (Wildman–Crippen LogP) is 0.959. The summed E-state index contributed by atoms with van der Waals surface area (Å²) >= 11 is 0. The zero-order chi connectivity index (χ0) is 16.4. The number of β-amino-alcohol motifs (C(OH)–C–C–N with tert-alkyl or cyclic N) is 1. The van der Waals surface area contributed by atoms with E-state index in [0.717, 1.165) is 5.56 Å². The quantitative estimate of drug-likeness (QED) is 0.757. The fourth-order valence-electron chi connectivity index (χ4n) is 2.65. The molecule has 122 valence electrons. The fraction of sp³-hybridized carbons (Fsp3) is 0.588. The summed E-state index contributed by atoms with van der Waals surface area (Å²) in [5.41, 5.74) is -0.319. The van der Waals surface area contributed by atoms with Crippen molar-refractivity contribution in [1.82, 2.24) is 4.90 Å². The zero-order valence-corrected chi connectivity index (χ0v) is 13.2. The maximum Gasteiger partial charge on any atom is 0.253 e. The molecule has 5 heteroatoms. The number of benzene rings is 1. The van der Waals surface area contributed by atoms with Crippen LogP contribution in [0.2, 0.25) is 0 Å². The molecule has 1 aliphatic heterocycles. The van der Waals surface area contributed by atoms with Crippen LogP contribution in [0.5, 0.6) is 0 Å². The second kappa shape index (κ2) is 6.36. The van der Waals surface area contributed by atoms with Gasteiger partial charge in [0.1, 0.15) is 5.60 Å². The minimum absolute atomic E-state index is 0.130. The highest BCUT2D eigenvalue weighted by molar-refractivity contribution is 5.94. The molecule has 0 aliphatic carbocycles. The van der Waals surface area contributed by atoms with Gasteiger partial charge in [0.15, 0.2) is 0 Å². The van der Waals surface area contributed by atoms with Gasteiger partial charge >= 0.3 is 0 Å². The summed E-state index contributed by atoms with van der Waals surface area (Å²) in [4.78, 5) is 14.1. The van der Waals surface area contributed by atoms with Crippen molar-refractivity contribution in [3.8, 4) is 0 Å². The van der Waals surface area contributed by atoms with Crippen molar-refractivity contribution in [3.05, 3.63) is 35.4 Å². The molecule has 22 heavy (non-hydrogen) atoms. The lowest BCUT2D eigenvalue weighted by Gasteiger charge is -2.21. The first-order chi connectivity index (χ1) is 10.2. The van der Waals surface area contributed by atoms with Crippen LogP contribution in [0.25, 0.3) is 0 Å². The average Bonchev–Trinajstić information content (AvgIpc) is 2.87. The second-order valence-corrected chi connectivity index (χ2v) is 6.87. The van der Waals surface area contributed by atoms with Gasteiger partial charge in [-0.3, -0.25) is 4.79 Å². The zero-order valence-electron chi connectivity index (χ0n) is 13.2. The Balaban J connectivity index is 2.05. The number of nitrogens with zero attached hydrogens (tertiary/aromatic N) is 1. The molecule has 1 aromatic rings. The molecule has 1 amide bonds. The van der Waals surface area contributed by atoms with E-state index < -0.39 is 11.2 Å². The summed E-state index contributed by atoms with van der Waals surface area (Å²) in [6, 6.07) is 7.37. The van der Waals surface area contributed by atoms with Gasteiger partial charge in [0.2, 0.25) is 0 Å². The molecule has 0 bridgehead atoms. The Morgan fingerprint density at radius 3 is 2.73 bits per heavy atom. The highest BCUT2D eigenvalue weighted by Crippen LogP contribution is 2.23. The minimum atomic E-state index is -1.17. The molecule has 0 unspecified atom stereocenters. The van der Waals surface area contributed by atoms with E-state index in [2.05, 4.69) is 0 Å². The number of aliphatic hydroxyl groups is 3. The first-order valence-corrected chi connectivity index (χ1v) is 7.66. The number of hydrogen-bond donors (Lipinski definition) is 3. The second-order valence-electron chi connectivity index (χ2n) is 6.87. The number of amides is 1. The van der Waals surface area contributed by atoms with E-state index in [9.17, 15) is 20.1 Å². The Morgan fingerprint density at radius 2 is 2.14 bits per heavy atom. The third-order valence-electron chi connectivity index (χ3n) is 4.11. The first kappa shape index (κ1) is 16.9. The molecule has 1 atom stereocenters. The van der Waals surface area contributed by atoms with Crippen molar-refractivity contribution >= 4 is 5.91 Å². The Bertz CT molecular complexity index is 538. The number of rotatable bonds is 5. The molecule has 1 aromatic carbocycles. The van der Waals surface area contributed by atoms with Gasteiger partial charge in [-0.1, -0.05) is 12.1 Å². The average molecular weight is 307 g/mol. The number of hydrogen-bond acceptors (Lipinski definition) is 4. The van der Waals surface area contributed by atoms with Crippen LogP contribution in [0.3, 0.4) is 0 Å². The van der Waals surface area contributed by atoms with Gasteiger partial charge in [-0.05, 0) is 50.8 Å². The van der Waals surface area contributed by atoms with Crippen LogP contribution >= 0.6 is 0 Å². The van der Waals surface area contributed by atoms with Crippen molar-refractivity contribution < 1.29 is 20.1 Å². The van der Waals surface area contributed by atoms with Crippen LogP contribution in [0.4, 0.5) is 0 Å². The van der Waals surface area contributed by atoms with Gasteiger partial charge < -0.3 is 20.2 Å². The van der Waals surface area contributed by atoms with Crippen LogP contribution in [-0.4, -0.2) is 57.0 Å². The molecular weight excluding hydrogens is 282 g/mol. The highest BCUT2D eigenvalue weighted by Gasteiger charge is 2.37. The van der Waals surface area contributed by atoms with Crippen LogP contribution < -0.4 is 0 Å². The lowest BCUT2D eigenvalue weighted by Crippen LogP contribution is -2.38. The largest absolute Gasteiger partial charge is 0.393 e. The van der Waals surface area contributed by atoms with E-state index in [4.69, 9.17) is 0 Å². The van der Waals surface area contributed by atoms with Gasteiger partial charge in [-0.15, -0.1) is 0 Å². The van der Waals surface area contributed by atoms with Crippen molar-refractivity contribution in [2.45, 2.75) is 44.3 Å². The van der Waals surface area contributed by atoms with Crippen LogP contribution in [0.15, 0.2) is 24.3 Å². The van der Waals surface area contributed by atoms with Gasteiger partial charge in [-0.25, -0.2) is 0 Å². The SMILES string of the molecule is CC(C)(O)CCc1cccc(C(=O)N2CC[C@@](O)(CO)C2)c1. The van der Waals surface area contributed by atoms with Crippen molar-refractivity contribution in [2.75, 3.05) is 19.7 Å². The lowest BCUT2D eigenvalue weighted by molar-refractivity contribution is -0.00455. The number of carbonyl (C=O) groups excluding carboxylic acids is 1. The Hall–Kier alpha value is -1.43. The summed E-state index contributed by atoms with van der Waals surface area (Å²) < 4.78 is 0. The van der Waals surface area contributed by atoms with E-state index in [1.807, 2.05) is 18.2 Å². The molecule has 1 heterocycles. The summed E-state index contributed by atoms with van der Waals surface area (Å²) in [6.07, 6.45) is 1.72. The molecule has 1 saturated heterocycles. The van der Waals surface area contributed by atoms with Crippen LogP contribution in [-0.2, 0) is 6.42 Å². The number of likely N-dealkylation sites (tertiary alicyclic amines) is 1. The normalized spacial score (nSPS) is 22.1. The Morgan fingerprint density at radius 1 is 1.41 bits per heavy atom. The van der Waals surface area contributed by atoms with Crippen molar-refractivity contribution in [3.63, 3.8) is 0 Å². The van der Waals surface area contributed by atoms with E-state index in [1.165, 1.54) is 0 Å². The summed E-state index contributed by atoms with van der Waals surface area (Å²) in [5.74, 6) is -0.130. The summed E-state index contributed by atoms with van der Waals surface area (Å²) in [6.45, 7) is 3.81. The van der Waals surface area contributed by atoms with Crippen LogP contribution in [0, 0.1) is 0 Å². The number of carbonyl (C=O) groups is 1. The van der Waals surface area contributed by atoms with Gasteiger partial charge in [0, 0.05) is 12.1 Å². The lowest BCUT2D eigenvalue weighted by atomic mass is 9.98. The fourth-order valence-corrected chi connectivity index (χ4v) is 2.65. The van der Waals surface area contributed by atoms with E-state index in [1.54, 1.807) is 24.8 Å². The highest BCUT2D eigenvalue weighted by atomic mass is 16.3. The van der Waals surface area contributed by atoms with Crippen LogP contribution in [0.1, 0.15) is 42.6 Å². The van der Waals surface area contributed by atoms with E-state index >= 15 is 0 Å². The van der Waals surface area contributed by atoms with Gasteiger partial charge in [0.25, 0.3) is 5.91 Å². The smallest absolute Gasteiger partial charge is 0.253 e. The molecule has 5 nitrogen and oxygen atoms in total.